The second kappa shape index (κ2) is 7.53. The first-order valence-corrected chi connectivity index (χ1v) is 8.67. The van der Waals surface area contributed by atoms with Crippen LogP contribution in [0.1, 0.15) is 35.5 Å². The normalized spacial score (nSPS) is 12.3. The molecule has 0 bridgehead atoms. The number of nitrogens with zero attached hydrogens (tertiary/aromatic N) is 1. The van der Waals surface area contributed by atoms with E-state index in [-0.39, 0.29) is 12.0 Å². The lowest BCUT2D eigenvalue weighted by Gasteiger charge is -2.11. The summed E-state index contributed by atoms with van der Waals surface area (Å²) in [5, 5.41) is 1.04. The molecular formula is C21H24N2O2. The number of aromatic nitrogens is 1. The van der Waals surface area contributed by atoms with E-state index in [2.05, 4.69) is 30.3 Å². The highest BCUT2D eigenvalue weighted by atomic mass is 16.5. The first-order chi connectivity index (χ1) is 12.1. The van der Waals surface area contributed by atoms with E-state index in [9.17, 15) is 4.79 Å². The monoisotopic (exact) mass is 336 g/mol. The average Bonchev–Trinajstić information content (AvgIpc) is 2.93. The van der Waals surface area contributed by atoms with Crippen molar-refractivity contribution in [1.82, 2.24) is 4.57 Å². The first kappa shape index (κ1) is 17.2. The van der Waals surface area contributed by atoms with E-state index in [1.807, 2.05) is 42.7 Å². The zero-order valence-electron chi connectivity index (χ0n) is 14.7. The Labute approximate surface area is 148 Å². The van der Waals surface area contributed by atoms with Crippen molar-refractivity contribution in [3.8, 4) is 0 Å². The molecule has 0 saturated heterocycles. The molecule has 25 heavy (non-hydrogen) atoms. The Balaban J connectivity index is 2.07. The van der Waals surface area contributed by atoms with Crippen LogP contribution < -0.4 is 5.73 Å². The van der Waals surface area contributed by atoms with E-state index in [1.165, 1.54) is 5.56 Å². The molecule has 0 aliphatic heterocycles. The zero-order valence-corrected chi connectivity index (χ0v) is 14.7. The zero-order chi connectivity index (χ0) is 17.8. The lowest BCUT2D eigenvalue weighted by Crippen LogP contribution is -2.17. The Morgan fingerprint density at radius 2 is 1.88 bits per heavy atom. The molecule has 1 atom stereocenters. The van der Waals surface area contributed by atoms with Gasteiger partial charge in [0.1, 0.15) is 5.69 Å². The van der Waals surface area contributed by atoms with Crippen molar-refractivity contribution >= 4 is 16.9 Å². The van der Waals surface area contributed by atoms with Gasteiger partial charge in [0, 0.05) is 23.5 Å². The van der Waals surface area contributed by atoms with Crippen LogP contribution in [-0.4, -0.2) is 23.2 Å². The number of fused-ring (bicyclic) bond motifs is 1. The topological polar surface area (TPSA) is 57.2 Å². The maximum atomic E-state index is 12.4. The summed E-state index contributed by atoms with van der Waals surface area (Å²) < 4.78 is 7.28. The molecule has 0 spiro atoms. The summed E-state index contributed by atoms with van der Waals surface area (Å²) in [6.45, 7) is 4.81. The second-order valence-corrected chi connectivity index (χ2v) is 6.40. The average molecular weight is 336 g/mol. The lowest BCUT2D eigenvalue weighted by atomic mass is 10.1. The molecule has 0 fully saturated rings. The Kier molecular flexibility index (Phi) is 5.19. The number of carbonyl (C=O) groups is 1. The molecule has 3 rings (SSSR count). The number of carbonyl (C=O) groups excluding carboxylic acids is 1. The standard InChI is InChI=1S/C21H24N2O2/c1-3-25-21(24)20-13-18-12-17(11-15(2)22)9-10-19(18)23(20)14-16-7-5-4-6-8-16/h4-10,12-13,15H,3,11,14,22H2,1-2H3/t15-/m1/s1. The summed E-state index contributed by atoms with van der Waals surface area (Å²) in [5.41, 5.74) is 9.84. The van der Waals surface area contributed by atoms with Crippen LogP contribution in [0.4, 0.5) is 0 Å². The van der Waals surface area contributed by atoms with Crippen molar-refractivity contribution < 1.29 is 9.53 Å². The molecule has 0 saturated carbocycles. The molecule has 2 N–H and O–H groups in total. The molecule has 0 aliphatic carbocycles. The Morgan fingerprint density at radius 3 is 2.56 bits per heavy atom. The molecule has 4 nitrogen and oxygen atoms in total. The first-order valence-electron chi connectivity index (χ1n) is 8.67. The number of benzene rings is 2. The fraction of sp³-hybridized carbons (Fsp3) is 0.286. The van der Waals surface area contributed by atoms with E-state index >= 15 is 0 Å². The fourth-order valence-electron chi connectivity index (χ4n) is 3.13. The molecule has 1 aromatic heterocycles. The van der Waals surface area contributed by atoms with Crippen molar-refractivity contribution in [2.45, 2.75) is 32.9 Å². The molecular weight excluding hydrogens is 312 g/mol. The van der Waals surface area contributed by atoms with Gasteiger partial charge in [0.05, 0.1) is 6.61 Å². The van der Waals surface area contributed by atoms with Gasteiger partial charge in [-0.3, -0.25) is 0 Å². The minimum atomic E-state index is -0.289. The maximum Gasteiger partial charge on any atom is 0.354 e. The molecule has 0 unspecified atom stereocenters. The minimum absolute atomic E-state index is 0.105. The van der Waals surface area contributed by atoms with E-state index in [4.69, 9.17) is 10.5 Å². The molecule has 0 aliphatic rings. The molecule has 1 heterocycles. The maximum absolute atomic E-state index is 12.4. The van der Waals surface area contributed by atoms with Crippen molar-refractivity contribution in [3.63, 3.8) is 0 Å². The van der Waals surface area contributed by atoms with Crippen LogP contribution in [0.2, 0.25) is 0 Å². The van der Waals surface area contributed by atoms with E-state index in [1.54, 1.807) is 0 Å². The highest BCUT2D eigenvalue weighted by Crippen LogP contribution is 2.24. The van der Waals surface area contributed by atoms with Gasteiger partial charge in [0.15, 0.2) is 0 Å². The minimum Gasteiger partial charge on any atom is -0.461 e. The smallest absolute Gasteiger partial charge is 0.354 e. The quantitative estimate of drug-likeness (QED) is 0.697. The Bertz CT molecular complexity index is 866. The molecule has 3 aromatic rings. The number of hydrogen-bond acceptors (Lipinski definition) is 3. The van der Waals surface area contributed by atoms with Gasteiger partial charge in [-0.2, -0.15) is 0 Å². The molecule has 0 amide bonds. The van der Waals surface area contributed by atoms with E-state index in [0.29, 0.717) is 18.8 Å². The summed E-state index contributed by atoms with van der Waals surface area (Å²) in [4.78, 5) is 12.4. The van der Waals surface area contributed by atoms with Crippen LogP contribution >= 0.6 is 0 Å². The van der Waals surface area contributed by atoms with Crippen molar-refractivity contribution in [3.05, 3.63) is 71.4 Å². The summed E-state index contributed by atoms with van der Waals surface area (Å²) in [6, 6.07) is 18.4. The van der Waals surface area contributed by atoms with Gasteiger partial charge >= 0.3 is 5.97 Å². The third kappa shape index (κ3) is 3.91. The predicted octanol–water partition coefficient (Wildman–Crippen LogP) is 3.76. The highest BCUT2D eigenvalue weighted by Gasteiger charge is 2.17. The highest BCUT2D eigenvalue weighted by molar-refractivity contribution is 5.96. The third-order valence-electron chi connectivity index (χ3n) is 4.19. The van der Waals surface area contributed by atoms with Crippen LogP contribution in [0.15, 0.2) is 54.6 Å². The number of rotatable bonds is 6. The van der Waals surface area contributed by atoms with E-state index < -0.39 is 0 Å². The van der Waals surface area contributed by atoms with Gasteiger partial charge in [-0.1, -0.05) is 36.4 Å². The Morgan fingerprint density at radius 1 is 1.12 bits per heavy atom. The summed E-state index contributed by atoms with van der Waals surface area (Å²) in [5.74, 6) is -0.289. The van der Waals surface area contributed by atoms with Crippen molar-refractivity contribution in [2.75, 3.05) is 6.61 Å². The van der Waals surface area contributed by atoms with Crippen molar-refractivity contribution in [1.29, 1.82) is 0 Å². The van der Waals surface area contributed by atoms with Crippen molar-refractivity contribution in [2.24, 2.45) is 5.73 Å². The van der Waals surface area contributed by atoms with Gasteiger partial charge in [-0.25, -0.2) is 4.79 Å². The van der Waals surface area contributed by atoms with Gasteiger partial charge in [-0.15, -0.1) is 0 Å². The van der Waals surface area contributed by atoms with Gasteiger partial charge in [-0.05, 0) is 49.6 Å². The van der Waals surface area contributed by atoms with Crippen LogP contribution in [0.25, 0.3) is 10.9 Å². The third-order valence-corrected chi connectivity index (χ3v) is 4.19. The van der Waals surface area contributed by atoms with Crippen LogP contribution in [0.3, 0.4) is 0 Å². The summed E-state index contributed by atoms with van der Waals surface area (Å²) in [7, 11) is 0. The molecule has 2 aromatic carbocycles. The molecule has 130 valence electrons. The Hall–Kier alpha value is -2.59. The lowest BCUT2D eigenvalue weighted by molar-refractivity contribution is 0.0515. The molecule has 4 heteroatoms. The number of ether oxygens (including phenoxy) is 1. The van der Waals surface area contributed by atoms with Crippen LogP contribution in [0.5, 0.6) is 0 Å². The van der Waals surface area contributed by atoms with Crippen LogP contribution in [-0.2, 0) is 17.7 Å². The summed E-state index contributed by atoms with van der Waals surface area (Å²) >= 11 is 0. The number of nitrogens with two attached hydrogens (primary N) is 1. The summed E-state index contributed by atoms with van der Waals surface area (Å²) in [6.07, 6.45) is 0.814. The van der Waals surface area contributed by atoms with Gasteiger partial charge < -0.3 is 15.0 Å². The predicted molar refractivity (Wildman–Crippen MR) is 101 cm³/mol. The SMILES string of the molecule is CCOC(=O)c1cc2cc(C[C@@H](C)N)ccc2n1Cc1ccccc1. The van der Waals surface area contributed by atoms with E-state index in [0.717, 1.165) is 22.9 Å². The largest absolute Gasteiger partial charge is 0.461 e. The number of esters is 1. The molecule has 0 radical (unpaired) electrons. The van der Waals surface area contributed by atoms with Gasteiger partial charge in [0.2, 0.25) is 0 Å². The second-order valence-electron chi connectivity index (χ2n) is 6.40. The fourth-order valence-corrected chi connectivity index (χ4v) is 3.13. The van der Waals surface area contributed by atoms with Crippen LogP contribution in [0, 0.1) is 0 Å². The number of hydrogen-bond donors (Lipinski definition) is 1. The van der Waals surface area contributed by atoms with Gasteiger partial charge in [0.25, 0.3) is 0 Å².